The van der Waals surface area contributed by atoms with Gasteiger partial charge in [0.25, 0.3) is 10.0 Å². The molecule has 0 bridgehead atoms. The standard InChI is InChI=1S/C22H26N6O3S/c1-17-21(28(22(29)26(17)2)19-9-5-3-6-10-19)24-32(30,31)20-13-11-18(12-14-20)23-25-27-15-7-4-8-16-27/h3,5-6,9-14,24H,4,7-8,15-16H2,1-2H3. The summed E-state index contributed by atoms with van der Waals surface area (Å²) in [6.07, 6.45) is 3.42. The first-order valence-electron chi connectivity index (χ1n) is 10.5. The van der Waals surface area contributed by atoms with Crippen LogP contribution in [0.2, 0.25) is 0 Å². The van der Waals surface area contributed by atoms with Gasteiger partial charge >= 0.3 is 5.69 Å². The molecule has 168 valence electrons. The first kappa shape index (κ1) is 21.8. The second kappa shape index (κ2) is 8.99. The smallest absolute Gasteiger partial charge is 0.297 e. The Morgan fingerprint density at radius 1 is 0.938 bits per heavy atom. The number of sulfonamides is 1. The van der Waals surface area contributed by atoms with Gasteiger partial charge in [-0.05, 0) is 62.6 Å². The van der Waals surface area contributed by atoms with Gasteiger partial charge in [0.2, 0.25) is 0 Å². The van der Waals surface area contributed by atoms with Crippen LogP contribution < -0.4 is 10.4 Å². The molecule has 1 aliphatic heterocycles. The van der Waals surface area contributed by atoms with Crippen molar-refractivity contribution in [3.63, 3.8) is 0 Å². The van der Waals surface area contributed by atoms with Gasteiger partial charge in [0.15, 0.2) is 0 Å². The zero-order valence-corrected chi connectivity index (χ0v) is 18.9. The molecule has 2 aromatic carbocycles. The minimum Gasteiger partial charge on any atom is -0.297 e. The Labute approximate surface area is 187 Å². The number of para-hydroxylation sites is 1. The normalized spacial score (nSPS) is 14.8. The van der Waals surface area contributed by atoms with Crippen LogP contribution in [0.1, 0.15) is 25.0 Å². The molecule has 0 atom stereocenters. The minimum absolute atomic E-state index is 0.0738. The summed E-state index contributed by atoms with van der Waals surface area (Å²) in [4.78, 5) is 12.8. The number of imidazole rings is 1. The molecular weight excluding hydrogens is 428 g/mol. The van der Waals surface area contributed by atoms with Gasteiger partial charge in [-0.15, -0.1) is 5.11 Å². The lowest BCUT2D eigenvalue weighted by atomic mass is 10.2. The fraction of sp³-hybridized carbons (Fsp3) is 0.318. The number of rotatable bonds is 6. The van der Waals surface area contributed by atoms with Gasteiger partial charge in [0.1, 0.15) is 5.82 Å². The van der Waals surface area contributed by atoms with Gasteiger partial charge in [0, 0.05) is 20.1 Å². The van der Waals surface area contributed by atoms with Crippen molar-refractivity contribution >= 4 is 21.5 Å². The maximum Gasteiger partial charge on any atom is 0.334 e. The van der Waals surface area contributed by atoms with E-state index in [1.807, 2.05) is 11.1 Å². The Hall–Kier alpha value is -3.40. The molecule has 1 N–H and O–H groups in total. The number of aromatic nitrogens is 2. The minimum atomic E-state index is -3.93. The fourth-order valence-electron chi connectivity index (χ4n) is 3.61. The Morgan fingerprint density at radius 3 is 2.25 bits per heavy atom. The SMILES string of the molecule is Cc1c(NS(=O)(=O)c2ccc(N=NN3CCCCC3)cc2)n(-c2ccccc2)c(=O)n1C. The van der Waals surface area contributed by atoms with E-state index in [-0.39, 0.29) is 16.4 Å². The molecule has 1 saturated heterocycles. The molecular formula is C22H26N6O3S. The van der Waals surface area contributed by atoms with Crippen LogP contribution in [0.5, 0.6) is 0 Å². The Balaban J connectivity index is 1.59. The quantitative estimate of drug-likeness (QED) is 0.573. The molecule has 3 aromatic rings. The fourth-order valence-corrected chi connectivity index (χ4v) is 4.71. The van der Waals surface area contributed by atoms with Crippen LogP contribution in [0.3, 0.4) is 0 Å². The summed E-state index contributed by atoms with van der Waals surface area (Å²) < 4.78 is 31.5. The Morgan fingerprint density at radius 2 is 1.59 bits per heavy atom. The van der Waals surface area contributed by atoms with Crippen LogP contribution in [-0.4, -0.2) is 35.7 Å². The van der Waals surface area contributed by atoms with E-state index < -0.39 is 10.0 Å². The van der Waals surface area contributed by atoms with Crippen molar-refractivity contribution in [1.82, 2.24) is 14.1 Å². The third-order valence-electron chi connectivity index (χ3n) is 5.56. The lowest BCUT2D eigenvalue weighted by molar-refractivity contribution is 0.224. The molecule has 1 fully saturated rings. The van der Waals surface area contributed by atoms with Crippen LogP contribution in [0.4, 0.5) is 11.5 Å². The van der Waals surface area contributed by atoms with E-state index in [0.29, 0.717) is 17.1 Å². The lowest BCUT2D eigenvalue weighted by Gasteiger charge is -2.21. The highest BCUT2D eigenvalue weighted by Gasteiger charge is 2.22. The summed E-state index contributed by atoms with van der Waals surface area (Å²) in [6, 6.07) is 15.1. The number of benzene rings is 2. The van der Waals surface area contributed by atoms with Gasteiger partial charge in [0.05, 0.1) is 22.0 Å². The third-order valence-corrected chi connectivity index (χ3v) is 6.91. The van der Waals surface area contributed by atoms with Crippen molar-refractivity contribution in [2.24, 2.45) is 17.4 Å². The van der Waals surface area contributed by atoms with Crippen LogP contribution in [0.15, 0.2) is 74.6 Å². The predicted molar refractivity (Wildman–Crippen MR) is 123 cm³/mol. The average Bonchev–Trinajstić information content (AvgIpc) is 3.02. The largest absolute Gasteiger partial charge is 0.334 e. The van der Waals surface area contributed by atoms with E-state index in [2.05, 4.69) is 15.1 Å². The number of piperidine rings is 1. The summed E-state index contributed by atoms with van der Waals surface area (Å²) in [5.41, 5.74) is 1.33. The van der Waals surface area contributed by atoms with E-state index in [1.54, 1.807) is 50.4 Å². The zero-order valence-electron chi connectivity index (χ0n) is 18.1. The van der Waals surface area contributed by atoms with Crippen molar-refractivity contribution in [3.05, 3.63) is 70.8 Å². The molecule has 0 radical (unpaired) electrons. The summed E-state index contributed by atoms with van der Waals surface area (Å²) in [6.45, 7) is 3.47. The average molecular weight is 455 g/mol. The summed E-state index contributed by atoms with van der Waals surface area (Å²) >= 11 is 0. The van der Waals surface area contributed by atoms with Crippen LogP contribution in [0, 0.1) is 6.92 Å². The highest BCUT2D eigenvalue weighted by molar-refractivity contribution is 7.92. The molecule has 4 rings (SSSR count). The van der Waals surface area contributed by atoms with Gasteiger partial charge < -0.3 is 0 Å². The molecule has 10 heteroatoms. The van der Waals surface area contributed by atoms with E-state index >= 15 is 0 Å². The van der Waals surface area contributed by atoms with Crippen molar-refractivity contribution < 1.29 is 8.42 Å². The predicted octanol–water partition coefficient (Wildman–Crippen LogP) is 3.77. The summed E-state index contributed by atoms with van der Waals surface area (Å²) in [5, 5.41) is 10.4. The third kappa shape index (κ3) is 4.45. The van der Waals surface area contributed by atoms with Crippen molar-refractivity contribution in [2.45, 2.75) is 31.1 Å². The second-order valence-corrected chi connectivity index (χ2v) is 9.43. The van der Waals surface area contributed by atoms with E-state index in [4.69, 9.17) is 0 Å². The molecule has 1 aliphatic rings. The molecule has 0 spiro atoms. The van der Waals surface area contributed by atoms with E-state index in [9.17, 15) is 13.2 Å². The zero-order chi connectivity index (χ0) is 22.7. The molecule has 2 heterocycles. The van der Waals surface area contributed by atoms with Crippen molar-refractivity contribution in [3.8, 4) is 5.69 Å². The number of nitrogens with zero attached hydrogens (tertiary/aromatic N) is 5. The maximum atomic E-state index is 13.1. The lowest BCUT2D eigenvalue weighted by Crippen LogP contribution is -2.23. The topological polar surface area (TPSA) is 101 Å². The Bertz CT molecular complexity index is 1270. The number of anilines is 1. The first-order chi connectivity index (χ1) is 15.4. The highest BCUT2D eigenvalue weighted by Crippen LogP contribution is 2.24. The highest BCUT2D eigenvalue weighted by atomic mass is 32.2. The molecule has 0 aliphatic carbocycles. The van der Waals surface area contributed by atoms with Crippen molar-refractivity contribution in [1.29, 1.82) is 0 Å². The van der Waals surface area contributed by atoms with Crippen LogP contribution in [0.25, 0.3) is 5.69 Å². The number of nitrogens with one attached hydrogen (secondary N) is 1. The van der Waals surface area contributed by atoms with E-state index in [1.165, 1.54) is 27.7 Å². The van der Waals surface area contributed by atoms with Crippen LogP contribution in [-0.2, 0) is 17.1 Å². The van der Waals surface area contributed by atoms with Gasteiger partial charge in [-0.2, -0.15) is 0 Å². The number of hydrogen-bond acceptors (Lipinski definition) is 5. The van der Waals surface area contributed by atoms with Gasteiger partial charge in [-0.3, -0.25) is 14.3 Å². The first-order valence-corrected chi connectivity index (χ1v) is 12.0. The number of hydrogen-bond donors (Lipinski definition) is 1. The molecule has 9 nitrogen and oxygen atoms in total. The molecule has 0 amide bonds. The van der Waals surface area contributed by atoms with Crippen LogP contribution >= 0.6 is 0 Å². The molecule has 0 unspecified atom stereocenters. The van der Waals surface area contributed by atoms with E-state index in [0.717, 1.165) is 25.9 Å². The summed E-state index contributed by atoms with van der Waals surface area (Å²) in [7, 11) is -2.32. The molecule has 1 aromatic heterocycles. The van der Waals surface area contributed by atoms with Gasteiger partial charge in [-0.1, -0.05) is 23.4 Å². The van der Waals surface area contributed by atoms with Gasteiger partial charge in [-0.25, -0.2) is 17.8 Å². The monoisotopic (exact) mass is 454 g/mol. The second-order valence-electron chi connectivity index (χ2n) is 7.75. The molecule has 32 heavy (non-hydrogen) atoms. The Kier molecular flexibility index (Phi) is 6.13. The summed E-state index contributed by atoms with van der Waals surface area (Å²) in [5.74, 6) is 0.206. The maximum absolute atomic E-state index is 13.1. The van der Waals surface area contributed by atoms with Crippen molar-refractivity contribution in [2.75, 3.05) is 17.8 Å². The molecule has 0 saturated carbocycles.